The van der Waals surface area contributed by atoms with Crippen LogP contribution < -0.4 is 5.32 Å². The fourth-order valence-electron chi connectivity index (χ4n) is 14.1. The van der Waals surface area contributed by atoms with Crippen molar-refractivity contribution >= 4 is 5.91 Å². The highest BCUT2D eigenvalue weighted by atomic mass is 16.6. The van der Waals surface area contributed by atoms with E-state index in [0.717, 1.165) is 66.3 Å². The van der Waals surface area contributed by atoms with Gasteiger partial charge in [-0.1, -0.05) is 384 Å². The van der Waals surface area contributed by atoms with Crippen LogP contribution in [0.25, 0.3) is 0 Å². The number of ether oxygens (including phenoxy) is 7. The Morgan fingerprint density at radius 3 is 1.08 bits per heavy atom. The number of carbonyl (C=O) groups excluding carboxylic acids is 1. The minimum Gasteiger partial charge on any atom is -0.381 e. The van der Waals surface area contributed by atoms with Crippen molar-refractivity contribution in [1.82, 2.24) is 5.32 Å². The zero-order chi connectivity index (χ0) is 67.9. The SMILES string of the molecule is CCCCCCCCCCCCCCCCCCCCCCCCCC(=O)N[C@@H](CO[C@H]1C[C@H](COCC)[C@H](OCc2ccccc2)[C@H](OCc2ccccc2)[C@H]1OCc1ccccc1)[C@H](OCc1ccccc1)[C@@H](CCCCCCCCCCCCCC)OCc1ccccc1. The first-order valence-corrected chi connectivity index (χ1v) is 39.8. The minimum absolute atomic E-state index is 0.0192. The van der Waals surface area contributed by atoms with Crippen LogP contribution in [0.4, 0.5) is 0 Å². The molecule has 8 atom stereocenters. The van der Waals surface area contributed by atoms with Gasteiger partial charge in [-0.2, -0.15) is 0 Å². The van der Waals surface area contributed by atoms with Gasteiger partial charge in [0.1, 0.15) is 18.3 Å². The van der Waals surface area contributed by atoms with E-state index in [4.69, 9.17) is 33.2 Å². The smallest absolute Gasteiger partial charge is 0.220 e. The standard InChI is InChI=1S/C88H135NO8/c1-4-7-9-11-13-15-17-19-20-21-22-23-24-25-26-27-28-29-31-33-35-37-54-66-84(90)89-81(86(95-70-77-59-47-40-48-60-77)82(92-68-75-55-43-38-44-56-75)65-53-36-34-32-30-18-16-14-12-10-8-5-2)74-93-83-67-80(73-91-6-3)85(94-69-76-57-45-39-46-58-76)88(97-72-79-63-51-42-52-64-79)87(83)96-71-78-61-49-41-50-62-78/h38-52,55-64,80-83,85-88H,4-37,53-54,65-74H2,1-3H3,(H,89,90)/t80-,81+,82-,83+,85+,86+,87+,88+/m1/s1. The maximum Gasteiger partial charge on any atom is 0.220 e. The van der Waals surface area contributed by atoms with E-state index in [-0.39, 0.29) is 30.6 Å². The summed E-state index contributed by atoms with van der Waals surface area (Å²) in [6.45, 7) is 9.76. The molecule has 0 saturated heterocycles. The Morgan fingerprint density at radius 2 is 0.701 bits per heavy atom. The van der Waals surface area contributed by atoms with Crippen LogP contribution in [-0.4, -0.2) is 68.4 Å². The summed E-state index contributed by atoms with van der Waals surface area (Å²) in [7, 11) is 0. The van der Waals surface area contributed by atoms with Crippen LogP contribution in [0.2, 0.25) is 0 Å². The molecule has 9 heteroatoms. The molecule has 540 valence electrons. The molecule has 97 heavy (non-hydrogen) atoms. The molecule has 1 fully saturated rings. The summed E-state index contributed by atoms with van der Waals surface area (Å²) < 4.78 is 49.8. The molecule has 0 aliphatic heterocycles. The summed E-state index contributed by atoms with van der Waals surface area (Å²) in [5.41, 5.74) is 5.38. The molecule has 6 rings (SSSR count). The van der Waals surface area contributed by atoms with Crippen LogP contribution in [-0.2, 0) is 71.0 Å². The van der Waals surface area contributed by atoms with E-state index >= 15 is 0 Å². The van der Waals surface area contributed by atoms with Gasteiger partial charge in [-0.25, -0.2) is 0 Å². The molecule has 0 aromatic heterocycles. The molecular weight excluding hydrogens is 1200 g/mol. The third kappa shape index (κ3) is 37.0. The lowest BCUT2D eigenvalue weighted by atomic mass is 9.80. The lowest BCUT2D eigenvalue weighted by Crippen LogP contribution is -2.59. The third-order valence-electron chi connectivity index (χ3n) is 19.9. The number of benzene rings is 5. The second-order valence-corrected chi connectivity index (χ2v) is 28.3. The van der Waals surface area contributed by atoms with E-state index in [9.17, 15) is 4.79 Å². The predicted octanol–water partition coefficient (Wildman–Crippen LogP) is 23.3. The molecule has 0 unspecified atom stereocenters. The Hall–Kier alpha value is -4.71. The second-order valence-electron chi connectivity index (χ2n) is 28.3. The highest BCUT2D eigenvalue weighted by Gasteiger charge is 2.49. The number of nitrogens with one attached hydrogen (secondary N) is 1. The van der Waals surface area contributed by atoms with Crippen molar-refractivity contribution < 1.29 is 38.0 Å². The molecule has 0 radical (unpaired) electrons. The first-order chi connectivity index (χ1) is 48.0. The zero-order valence-corrected chi connectivity index (χ0v) is 61.3. The van der Waals surface area contributed by atoms with Crippen molar-refractivity contribution in [3.05, 3.63) is 179 Å². The van der Waals surface area contributed by atoms with Crippen LogP contribution in [0.3, 0.4) is 0 Å². The topological polar surface area (TPSA) is 93.7 Å². The van der Waals surface area contributed by atoms with E-state index in [1.165, 1.54) is 193 Å². The number of carbonyl (C=O) groups is 1. The summed E-state index contributed by atoms with van der Waals surface area (Å²) in [5.74, 6) is -0.0820. The van der Waals surface area contributed by atoms with E-state index in [2.05, 4.69) is 147 Å². The second kappa shape index (κ2) is 55.0. The highest BCUT2D eigenvalue weighted by Crippen LogP contribution is 2.37. The zero-order valence-electron chi connectivity index (χ0n) is 61.3. The van der Waals surface area contributed by atoms with Gasteiger partial charge in [-0.3, -0.25) is 4.79 Å². The first-order valence-electron chi connectivity index (χ1n) is 39.8. The number of amides is 1. The first kappa shape index (κ1) is 81.3. The molecule has 1 saturated carbocycles. The highest BCUT2D eigenvalue weighted by molar-refractivity contribution is 5.76. The third-order valence-corrected chi connectivity index (χ3v) is 19.9. The molecule has 0 spiro atoms. The number of rotatable bonds is 61. The monoisotopic (exact) mass is 1330 g/mol. The average molecular weight is 1340 g/mol. The summed E-state index contributed by atoms with van der Waals surface area (Å²) in [4.78, 5) is 14.8. The quantitative estimate of drug-likeness (QED) is 0.0385. The van der Waals surface area contributed by atoms with E-state index in [0.29, 0.717) is 59.1 Å². The van der Waals surface area contributed by atoms with Crippen LogP contribution >= 0.6 is 0 Å². The largest absolute Gasteiger partial charge is 0.381 e. The van der Waals surface area contributed by atoms with Crippen molar-refractivity contribution in [3.8, 4) is 0 Å². The molecule has 0 bridgehead atoms. The van der Waals surface area contributed by atoms with Gasteiger partial charge in [-0.15, -0.1) is 0 Å². The lowest BCUT2D eigenvalue weighted by molar-refractivity contribution is -0.235. The van der Waals surface area contributed by atoms with Gasteiger partial charge in [0.25, 0.3) is 0 Å². The summed E-state index contributed by atoms with van der Waals surface area (Å²) in [6.07, 6.45) is 45.0. The van der Waals surface area contributed by atoms with Gasteiger partial charge >= 0.3 is 0 Å². The fraction of sp³-hybridized carbons (Fsp3) is 0.648. The van der Waals surface area contributed by atoms with Crippen molar-refractivity contribution in [2.45, 2.75) is 340 Å². The van der Waals surface area contributed by atoms with Gasteiger partial charge < -0.3 is 38.5 Å². The Labute approximate surface area is 591 Å². The molecule has 0 heterocycles. The number of unbranched alkanes of at least 4 members (excludes halogenated alkanes) is 33. The fourth-order valence-corrected chi connectivity index (χ4v) is 14.1. The van der Waals surface area contributed by atoms with Crippen LogP contribution in [0, 0.1) is 5.92 Å². The van der Waals surface area contributed by atoms with Crippen molar-refractivity contribution in [1.29, 1.82) is 0 Å². The van der Waals surface area contributed by atoms with Gasteiger partial charge in [0.15, 0.2) is 0 Å². The lowest BCUT2D eigenvalue weighted by Gasteiger charge is -2.46. The summed E-state index contributed by atoms with van der Waals surface area (Å²) in [6, 6.07) is 51.4. The Morgan fingerprint density at radius 1 is 0.371 bits per heavy atom. The molecule has 9 nitrogen and oxygen atoms in total. The van der Waals surface area contributed by atoms with Gasteiger partial charge in [0.05, 0.1) is 70.6 Å². The Balaban J connectivity index is 1.17. The normalized spacial score (nSPS) is 17.3. The van der Waals surface area contributed by atoms with Gasteiger partial charge in [-0.05, 0) is 54.0 Å². The number of hydrogen-bond acceptors (Lipinski definition) is 8. The Bertz CT molecular complexity index is 2560. The molecule has 1 aliphatic carbocycles. The average Bonchev–Trinajstić information content (AvgIpc) is 0.837. The van der Waals surface area contributed by atoms with Crippen molar-refractivity contribution in [2.24, 2.45) is 5.92 Å². The molecular formula is C88H135NO8. The molecule has 1 amide bonds. The van der Waals surface area contributed by atoms with Crippen molar-refractivity contribution in [3.63, 3.8) is 0 Å². The molecule has 5 aromatic rings. The number of hydrogen-bond donors (Lipinski definition) is 1. The summed E-state index contributed by atoms with van der Waals surface area (Å²) >= 11 is 0. The van der Waals surface area contributed by atoms with Crippen molar-refractivity contribution in [2.75, 3.05) is 19.8 Å². The van der Waals surface area contributed by atoms with E-state index in [1.807, 2.05) is 31.2 Å². The molecule has 1 aliphatic rings. The minimum atomic E-state index is -0.560. The summed E-state index contributed by atoms with van der Waals surface area (Å²) in [5, 5.41) is 3.62. The van der Waals surface area contributed by atoms with Gasteiger partial charge in [0, 0.05) is 18.9 Å². The van der Waals surface area contributed by atoms with E-state index in [1.54, 1.807) is 0 Å². The maximum absolute atomic E-state index is 14.8. The molecule has 1 N–H and O–H groups in total. The predicted molar refractivity (Wildman–Crippen MR) is 404 cm³/mol. The van der Waals surface area contributed by atoms with Crippen LogP contribution in [0.1, 0.15) is 293 Å². The van der Waals surface area contributed by atoms with Crippen LogP contribution in [0.15, 0.2) is 152 Å². The Kier molecular flexibility index (Phi) is 46.1. The van der Waals surface area contributed by atoms with E-state index < -0.39 is 30.5 Å². The van der Waals surface area contributed by atoms with Gasteiger partial charge in [0.2, 0.25) is 5.91 Å². The maximum atomic E-state index is 14.8. The van der Waals surface area contributed by atoms with Crippen LogP contribution in [0.5, 0.6) is 0 Å². The molecule has 5 aromatic carbocycles.